The molecule has 0 saturated carbocycles. The second-order valence-electron chi connectivity index (χ2n) is 6.15. The van der Waals surface area contributed by atoms with E-state index in [0.717, 1.165) is 30.8 Å². The molecule has 0 aromatic carbocycles. The minimum absolute atomic E-state index is 0.00257. The van der Waals surface area contributed by atoms with Crippen LogP contribution in [0.5, 0.6) is 0 Å². The van der Waals surface area contributed by atoms with Crippen LogP contribution in [0.15, 0.2) is 12.3 Å². The van der Waals surface area contributed by atoms with Gasteiger partial charge in [-0.2, -0.15) is 9.61 Å². The van der Waals surface area contributed by atoms with Crippen molar-refractivity contribution in [3.05, 3.63) is 23.5 Å². The van der Waals surface area contributed by atoms with E-state index in [0.29, 0.717) is 17.9 Å². The molecule has 0 radical (unpaired) electrons. The van der Waals surface area contributed by atoms with Gasteiger partial charge < -0.3 is 9.64 Å². The van der Waals surface area contributed by atoms with Gasteiger partial charge in [-0.3, -0.25) is 0 Å². The Kier molecular flexibility index (Phi) is 3.54. The SMILES string of the molecule is CCOC(=O)c1nc2ccnn2c2c1CCN2C(C)(C)CC. The summed E-state index contributed by atoms with van der Waals surface area (Å²) in [6, 6.07) is 1.82. The molecule has 0 bridgehead atoms. The summed E-state index contributed by atoms with van der Waals surface area (Å²) >= 11 is 0. The predicted octanol–water partition coefficient (Wildman–Crippen LogP) is 2.46. The number of ether oxygens (including phenoxy) is 1. The summed E-state index contributed by atoms with van der Waals surface area (Å²) in [6.07, 6.45) is 3.51. The lowest BCUT2D eigenvalue weighted by Crippen LogP contribution is -2.43. The minimum Gasteiger partial charge on any atom is -0.461 e. The third kappa shape index (κ3) is 2.14. The first-order valence-electron chi connectivity index (χ1n) is 7.81. The lowest BCUT2D eigenvalue weighted by Gasteiger charge is -2.36. The molecular weight excluding hydrogens is 280 g/mol. The quantitative estimate of drug-likeness (QED) is 0.812. The molecule has 0 saturated heterocycles. The average molecular weight is 302 g/mol. The molecule has 118 valence electrons. The molecule has 1 aliphatic rings. The highest BCUT2D eigenvalue weighted by atomic mass is 16.5. The van der Waals surface area contributed by atoms with E-state index in [4.69, 9.17) is 4.74 Å². The molecule has 0 atom stereocenters. The molecule has 0 unspecified atom stereocenters. The zero-order valence-corrected chi connectivity index (χ0v) is 13.6. The van der Waals surface area contributed by atoms with Crippen molar-refractivity contribution in [2.45, 2.75) is 46.1 Å². The third-order valence-electron chi connectivity index (χ3n) is 4.51. The number of esters is 1. The number of fused-ring (bicyclic) bond motifs is 3. The van der Waals surface area contributed by atoms with Gasteiger partial charge in [0.15, 0.2) is 11.3 Å². The highest BCUT2D eigenvalue weighted by molar-refractivity contribution is 5.92. The number of hydrogen-bond acceptors (Lipinski definition) is 5. The summed E-state index contributed by atoms with van der Waals surface area (Å²) < 4.78 is 7.01. The first kappa shape index (κ1) is 14.8. The van der Waals surface area contributed by atoms with Crippen LogP contribution in [0.3, 0.4) is 0 Å². The molecule has 2 aromatic heterocycles. The molecular formula is C16H22N4O2. The van der Waals surface area contributed by atoms with Gasteiger partial charge >= 0.3 is 5.97 Å². The predicted molar refractivity (Wildman–Crippen MR) is 84.4 cm³/mol. The van der Waals surface area contributed by atoms with Gasteiger partial charge in [0.2, 0.25) is 0 Å². The van der Waals surface area contributed by atoms with Crippen molar-refractivity contribution in [2.24, 2.45) is 0 Å². The van der Waals surface area contributed by atoms with Gasteiger partial charge in [-0.05, 0) is 33.6 Å². The molecule has 3 rings (SSSR count). The maximum absolute atomic E-state index is 12.3. The Hall–Kier alpha value is -2.11. The van der Waals surface area contributed by atoms with E-state index in [-0.39, 0.29) is 11.5 Å². The second-order valence-corrected chi connectivity index (χ2v) is 6.15. The van der Waals surface area contributed by atoms with E-state index in [9.17, 15) is 4.79 Å². The Labute approximate surface area is 130 Å². The van der Waals surface area contributed by atoms with Crippen LogP contribution >= 0.6 is 0 Å². The van der Waals surface area contributed by atoms with Crippen LogP contribution in [-0.2, 0) is 11.2 Å². The van der Waals surface area contributed by atoms with E-state index in [1.165, 1.54) is 0 Å². The second kappa shape index (κ2) is 5.26. The largest absolute Gasteiger partial charge is 0.461 e. The molecule has 1 aliphatic heterocycles. The molecule has 0 aliphatic carbocycles. The lowest BCUT2D eigenvalue weighted by atomic mass is 10.00. The summed E-state index contributed by atoms with van der Waals surface area (Å²) in [4.78, 5) is 19.1. The van der Waals surface area contributed by atoms with Gasteiger partial charge in [0.1, 0.15) is 5.82 Å². The smallest absolute Gasteiger partial charge is 0.357 e. The number of carbonyl (C=O) groups excluding carboxylic acids is 1. The molecule has 0 spiro atoms. The molecule has 22 heavy (non-hydrogen) atoms. The van der Waals surface area contributed by atoms with Gasteiger partial charge in [0.25, 0.3) is 0 Å². The summed E-state index contributed by atoms with van der Waals surface area (Å²) in [5, 5.41) is 4.40. The number of nitrogens with zero attached hydrogens (tertiary/aromatic N) is 4. The van der Waals surface area contributed by atoms with Crippen molar-refractivity contribution in [1.82, 2.24) is 14.6 Å². The Morgan fingerprint density at radius 2 is 2.18 bits per heavy atom. The summed E-state index contributed by atoms with van der Waals surface area (Å²) in [5.41, 5.74) is 2.05. The summed E-state index contributed by atoms with van der Waals surface area (Å²) in [7, 11) is 0. The molecule has 2 aromatic rings. The van der Waals surface area contributed by atoms with Gasteiger partial charge in [-0.1, -0.05) is 6.92 Å². The van der Waals surface area contributed by atoms with Gasteiger partial charge in [0, 0.05) is 23.7 Å². The number of aromatic nitrogens is 3. The van der Waals surface area contributed by atoms with E-state index < -0.39 is 0 Å². The van der Waals surface area contributed by atoms with E-state index >= 15 is 0 Å². The van der Waals surface area contributed by atoms with Crippen molar-refractivity contribution in [1.29, 1.82) is 0 Å². The van der Waals surface area contributed by atoms with Gasteiger partial charge in [-0.15, -0.1) is 0 Å². The average Bonchev–Trinajstić information content (AvgIpc) is 3.12. The first-order valence-corrected chi connectivity index (χ1v) is 7.81. The summed E-state index contributed by atoms with van der Waals surface area (Å²) in [5.74, 6) is 0.628. The Morgan fingerprint density at radius 1 is 1.41 bits per heavy atom. The van der Waals surface area contributed by atoms with Gasteiger partial charge in [0.05, 0.1) is 12.8 Å². The van der Waals surface area contributed by atoms with Crippen LogP contribution in [0.1, 0.15) is 50.2 Å². The van der Waals surface area contributed by atoms with Crippen molar-refractivity contribution in [2.75, 3.05) is 18.1 Å². The fourth-order valence-electron chi connectivity index (χ4n) is 2.95. The Balaban J connectivity index is 2.21. The zero-order valence-electron chi connectivity index (χ0n) is 13.6. The number of rotatable bonds is 4. The van der Waals surface area contributed by atoms with Crippen LogP contribution in [0.4, 0.5) is 5.82 Å². The molecule has 0 N–H and O–H groups in total. The third-order valence-corrected chi connectivity index (χ3v) is 4.51. The minimum atomic E-state index is -0.349. The number of hydrogen-bond donors (Lipinski definition) is 0. The Morgan fingerprint density at radius 3 is 2.86 bits per heavy atom. The van der Waals surface area contributed by atoms with E-state index in [1.807, 2.05) is 17.5 Å². The van der Waals surface area contributed by atoms with Crippen LogP contribution < -0.4 is 4.90 Å². The Bertz CT molecular complexity index is 720. The monoisotopic (exact) mass is 302 g/mol. The van der Waals surface area contributed by atoms with E-state index in [2.05, 4.69) is 35.8 Å². The van der Waals surface area contributed by atoms with Crippen molar-refractivity contribution in [3.8, 4) is 0 Å². The summed E-state index contributed by atoms with van der Waals surface area (Å²) in [6.45, 7) is 9.62. The van der Waals surface area contributed by atoms with Crippen LogP contribution in [0.2, 0.25) is 0 Å². The maximum atomic E-state index is 12.3. The normalized spacial score (nSPS) is 14.5. The fraction of sp³-hybridized carbons (Fsp3) is 0.562. The number of anilines is 1. The standard InChI is InChI=1S/C16H22N4O2/c1-5-16(3,4)19-10-8-11-13(15(21)22-6-2)18-12-7-9-17-20(12)14(11)19/h7,9H,5-6,8,10H2,1-4H3. The number of carbonyl (C=O) groups is 1. The van der Waals surface area contributed by atoms with Gasteiger partial charge in [-0.25, -0.2) is 9.78 Å². The van der Waals surface area contributed by atoms with Crippen LogP contribution in [-0.4, -0.2) is 39.3 Å². The molecule has 0 fully saturated rings. The highest BCUT2D eigenvalue weighted by Gasteiger charge is 2.36. The van der Waals surface area contributed by atoms with Crippen molar-refractivity contribution in [3.63, 3.8) is 0 Å². The lowest BCUT2D eigenvalue weighted by molar-refractivity contribution is 0.0518. The molecule has 6 nitrogen and oxygen atoms in total. The van der Waals surface area contributed by atoms with E-state index in [1.54, 1.807) is 6.20 Å². The molecule has 6 heteroatoms. The van der Waals surface area contributed by atoms with Crippen molar-refractivity contribution >= 4 is 17.4 Å². The van der Waals surface area contributed by atoms with Crippen LogP contribution in [0, 0.1) is 0 Å². The highest BCUT2D eigenvalue weighted by Crippen LogP contribution is 2.36. The first-order chi connectivity index (χ1) is 10.5. The van der Waals surface area contributed by atoms with Crippen molar-refractivity contribution < 1.29 is 9.53 Å². The molecule has 0 amide bonds. The molecule has 3 heterocycles. The fourth-order valence-corrected chi connectivity index (χ4v) is 2.95. The zero-order chi connectivity index (χ0) is 15.9. The maximum Gasteiger partial charge on any atom is 0.357 e. The van der Waals surface area contributed by atoms with Crippen LogP contribution in [0.25, 0.3) is 5.65 Å². The topological polar surface area (TPSA) is 59.7 Å².